The van der Waals surface area contributed by atoms with E-state index in [9.17, 15) is 8.42 Å². The Balaban J connectivity index is 2.41. The first kappa shape index (κ1) is 16.1. The molecular formula is C12H7Br2Cl2NO2S. The number of hydrogen-bond acceptors (Lipinski definition) is 2. The average Bonchev–Trinajstić information content (AvgIpc) is 2.39. The van der Waals surface area contributed by atoms with Gasteiger partial charge in [0.2, 0.25) is 0 Å². The van der Waals surface area contributed by atoms with Gasteiger partial charge >= 0.3 is 0 Å². The van der Waals surface area contributed by atoms with Gasteiger partial charge < -0.3 is 0 Å². The van der Waals surface area contributed by atoms with E-state index in [1.54, 1.807) is 18.2 Å². The van der Waals surface area contributed by atoms with E-state index in [0.717, 1.165) is 0 Å². The van der Waals surface area contributed by atoms with Crippen LogP contribution >= 0.6 is 55.1 Å². The summed E-state index contributed by atoms with van der Waals surface area (Å²) in [6, 6.07) is 9.51. The van der Waals surface area contributed by atoms with Crippen LogP contribution in [0.3, 0.4) is 0 Å². The highest BCUT2D eigenvalue weighted by atomic mass is 79.9. The number of anilines is 1. The van der Waals surface area contributed by atoms with Gasteiger partial charge in [-0.3, -0.25) is 4.72 Å². The van der Waals surface area contributed by atoms with Crippen LogP contribution in [0.25, 0.3) is 0 Å². The predicted molar refractivity (Wildman–Crippen MR) is 89.1 cm³/mol. The van der Waals surface area contributed by atoms with Crippen LogP contribution in [-0.4, -0.2) is 8.42 Å². The monoisotopic (exact) mass is 457 g/mol. The van der Waals surface area contributed by atoms with Gasteiger partial charge in [0.1, 0.15) is 0 Å². The summed E-state index contributed by atoms with van der Waals surface area (Å²) in [4.78, 5) is 0.127. The largest absolute Gasteiger partial charge is 0.278 e. The van der Waals surface area contributed by atoms with Crippen LogP contribution in [0, 0.1) is 0 Å². The van der Waals surface area contributed by atoms with Crippen molar-refractivity contribution in [1.82, 2.24) is 0 Å². The van der Waals surface area contributed by atoms with Gasteiger partial charge in [0.15, 0.2) is 0 Å². The van der Waals surface area contributed by atoms with Crippen molar-refractivity contribution < 1.29 is 8.42 Å². The highest BCUT2D eigenvalue weighted by Gasteiger charge is 2.17. The lowest BCUT2D eigenvalue weighted by atomic mass is 10.3. The Morgan fingerprint density at radius 1 is 1.00 bits per heavy atom. The summed E-state index contributed by atoms with van der Waals surface area (Å²) >= 11 is 18.4. The second-order valence-corrected chi connectivity index (χ2v) is 7.99. The number of sulfonamides is 1. The van der Waals surface area contributed by atoms with Gasteiger partial charge in [-0.2, -0.15) is 0 Å². The van der Waals surface area contributed by atoms with E-state index in [1.807, 2.05) is 0 Å². The molecule has 0 aliphatic heterocycles. The van der Waals surface area contributed by atoms with E-state index in [0.29, 0.717) is 8.95 Å². The molecule has 20 heavy (non-hydrogen) atoms. The number of nitrogens with one attached hydrogen (secondary N) is 1. The lowest BCUT2D eigenvalue weighted by Gasteiger charge is -2.11. The molecule has 0 fully saturated rings. The van der Waals surface area contributed by atoms with Crippen molar-refractivity contribution in [2.45, 2.75) is 4.90 Å². The maximum atomic E-state index is 12.3. The van der Waals surface area contributed by atoms with Crippen LogP contribution in [0.4, 0.5) is 5.69 Å². The third-order valence-electron chi connectivity index (χ3n) is 2.39. The molecule has 3 nitrogen and oxygen atoms in total. The average molecular weight is 460 g/mol. The zero-order chi connectivity index (χ0) is 14.9. The van der Waals surface area contributed by atoms with Crippen molar-refractivity contribution >= 4 is 70.8 Å². The minimum absolute atomic E-state index is 0.127. The predicted octanol–water partition coefficient (Wildman–Crippen LogP) is 5.32. The third kappa shape index (κ3) is 3.49. The molecule has 8 heteroatoms. The summed E-state index contributed by atoms with van der Waals surface area (Å²) in [7, 11) is -3.73. The summed E-state index contributed by atoms with van der Waals surface area (Å²) < 4.78 is 28.2. The van der Waals surface area contributed by atoms with Crippen molar-refractivity contribution in [2.24, 2.45) is 0 Å². The SMILES string of the molecule is O=S(=O)(Nc1ccc(Br)c(Cl)c1Cl)c1cccc(Br)c1. The second-order valence-electron chi connectivity index (χ2n) is 3.79. The topological polar surface area (TPSA) is 46.2 Å². The molecule has 0 heterocycles. The van der Waals surface area contributed by atoms with Crippen molar-refractivity contribution in [3.8, 4) is 0 Å². The molecule has 2 aromatic rings. The van der Waals surface area contributed by atoms with Crippen molar-refractivity contribution in [1.29, 1.82) is 0 Å². The van der Waals surface area contributed by atoms with Crippen molar-refractivity contribution in [2.75, 3.05) is 4.72 Å². The summed E-state index contributed by atoms with van der Waals surface area (Å²) in [5.74, 6) is 0. The summed E-state index contributed by atoms with van der Waals surface area (Å²) in [5, 5.41) is 0.390. The van der Waals surface area contributed by atoms with Crippen LogP contribution in [0.1, 0.15) is 0 Å². The summed E-state index contributed by atoms with van der Waals surface area (Å²) in [5.41, 5.74) is 0.222. The Labute approximate surface area is 143 Å². The molecular weight excluding hydrogens is 453 g/mol. The minimum atomic E-state index is -3.73. The summed E-state index contributed by atoms with van der Waals surface area (Å²) in [6.07, 6.45) is 0. The molecule has 0 aliphatic rings. The zero-order valence-electron chi connectivity index (χ0n) is 9.70. The van der Waals surface area contributed by atoms with Crippen LogP contribution in [-0.2, 0) is 10.0 Å². The maximum absolute atomic E-state index is 12.3. The lowest BCUT2D eigenvalue weighted by molar-refractivity contribution is 0.601. The smallest absolute Gasteiger partial charge is 0.261 e. The van der Waals surface area contributed by atoms with Gasteiger partial charge in [0.05, 0.1) is 20.6 Å². The number of hydrogen-bond donors (Lipinski definition) is 1. The summed E-state index contributed by atoms with van der Waals surface area (Å²) in [6.45, 7) is 0. The van der Waals surface area contributed by atoms with Crippen LogP contribution in [0.2, 0.25) is 10.0 Å². The maximum Gasteiger partial charge on any atom is 0.261 e. The van der Waals surface area contributed by atoms with Gasteiger partial charge in [0.25, 0.3) is 10.0 Å². The molecule has 0 amide bonds. The zero-order valence-corrected chi connectivity index (χ0v) is 15.2. The van der Waals surface area contributed by atoms with Gasteiger partial charge in [-0.1, -0.05) is 45.2 Å². The highest BCUT2D eigenvalue weighted by Crippen LogP contribution is 2.36. The molecule has 106 valence electrons. The van der Waals surface area contributed by atoms with E-state index in [1.165, 1.54) is 18.2 Å². The molecule has 0 unspecified atom stereocenters. The fourth-order valence-corrected chi connectivity index (χ4v) is 3.99. The third-order valence-corrected chi connectivity index (χ3v) is 6.01. The number of benzene rings is 2. The Kier molecular flexibility index (Phi) is 5.02. The standard InChI is InChI=1S/C12H7Br2Cl2NO2S/c13-7-2-1-3-8(6-7)20(18,19)17-10-5-4-9(14)11(15)12(10)16/h1-6,17H. The van der Waals surface area contributed by atoms with Crippen molar-refractivity contribution in [3.05, 3.63) is 55.4 Å². The first-order chi connectivity index (χ1) is 9.31. The molecule has 0 radical (unpaired) electrons. The van der Waals surface area contributed by atoms with E-state index >= 15 is 0 Å². The molecule has 0 atom stereocenters. The Morgan fingerprint density at radius 3 is 2.35 bits per heavy atom. The molecule has 0 bridgehead atoms. The van der Waals surface area contributed by atoms with E-state index in [4.69, 9.17) is 23.2 Å². The lowest BCUT2D eigenvalue weighted by Crippen LogP contribution is -2.13. The molecule has 0 aliphatic carbocycles. The molecule has 0 saturated carbocycles. The van der Waals surface area contributed by atoms with Crippen molar-refractivity contribution in [3.63, 3.8) is 0 Å². The van der Waals surface area contributed by atoms with Crippen LogP contribution in [0.15, 0.2) is 50.2 Å². The second kappa shape index (κ2) is 6.23. The number of halogens is 4. The molecule has 2 rings (SSSR count). The van der Waals surface area contributed by atoms with E-state index in [2.05, 4.69) is 36.6 Å². The fourth-order valence-electron chi connectivity index (χ4n) is 1.44. The molecule has 1 N–H and O–H groups in total. The minimum Gasteiger partial charge on any atom is -0.278 e. The molecule has 0 saturated heterocycles. The Hall–Kier alpha value is -0.270. The fraction of sp³-hybridized carbons (Fsp3) is 0. The first-order valence-corrected chi connectivity index (χ1v) is 9.05. The van der Waals surface area contributed by atoms with Gasteiger partial charge in [-0.15, -0.1) is 0 Å². The van der Waals surface area contributed by atoms with Crippen LogP contribution < -0.4 is 4.72 Å². The van der Waals surface area contributed by atoms with Gasteiger partial charge in [-0.05, 0) is 46.3 Å². The Morgan fingerprint density at radius 2 is 1.70 bits per heavy atom. The first-order valence-electron chi connectivity index (χ1n) is 5.23. The normalized spacial score (nSPS) is 11.4. The molecule has 0 spiro atoms. The highest BCUT2D eigenvalue weighted by molar-refractivity contribution is 9.10. The number of rotatable bonds is 3. The van der Waals surface area contributed by atoms with Crippen LogP contribution in [0.5, 0.6) is 0 Å². The quantitative estimate of drug-likeness (QED) is 0.631. The Bertz CT molecular complexity index is 766. The van der Waals surface area contributed by atoms with Gasteiger partial charge in [-0.25, -0.2) is 8.42 Å². The molecule has 0 aromatic heterocycles. The van der Waals surface area contributed by atoms with Gasteiger partial charge in [0, 0.05) is 8.95 Å². The van der Waals surface area contributed by atoms with E-state index < -0.39 is 10.0 Å². The van der Waals surface area contributed by atoms with E-state index in [-0.39, 0.29) is 20.6 Å². The molecule has 2 aromatic carbocycles.